The Labute approximate surface area is 164 Å². The Balaban J connectivity index is 2.14. The lowest BCUT2D eigenvalue weighted by atomic mass is 10.1. The molecular weight excluding hydrogens is 360 g/mol. The number of urea groups is 1. The van der Waals surface area contributed by atoms with Gasteiger partial charge in [-0.2, -0.15) is 0 Å². The number of likely N-dealkylation sites (N-methyl/N-ethyl adjacent to an activating group) is 1. The van der Waals surface area contributed by atoms with Gasteiger partial charge in [0.25, 0.3) is 5.91 Å². The lowest BCUT2D eigenvalue weighted by Gasteiger charge is -2.34. The molecule has 0 aliphatic carbocycles. The molecule has 1 atom stereocenters. The Bertz CT molecular complexity index is 926. The first-order chi connectivity index (χ1) is 13.2. The lowest BCUT2D eigenvalue weighted by molar-refractivity contribution is -0.529. The number of ether oxygens (including phenoxy) is 1. The van der Waals surface area contributed by atoms with Gasteiger partial charge >= 0.3 is 12.0 Å². The first-order valence-corrected chi connectivity index (χ1v) is 9.16. The van der Waals surface area contributed by atoms with Crippen LogP contribution in [0.2, 0.25) is 0 Å². The molecule has 0 bridgehead atoms. The van der Waals surface area contributed by atoms with E-state index < -0.39 is 12.1 Å². The summed E-state index contributed by atoms with van der Waals surface area (Å²) in [4.78, 5) is 33.2. The van der Waals surface area contributed by atoms with Crippen LogP contribution in [0.4, 0.5) is 4.79 Å². The number of hydrogen-bond acceptors (Lipinski definition) is 5. The molecule has 1 aromatic rings. The Hall–Kier alpha value is -2.81. The summed E-state index contributed by atoms with van der Waals surface area (Å²) in [5.74, 6) is 0.622. The van der Waals surface area contributed by atoms with Gasteiger partial charge in [0.15, 0.2) is 0 Å². The third kappa shape index (κ3) is 3.05. The van der Waals surface area contributed by atoms with Gasteiger partial charge in [0.1, 0.15) is 5.69 Å². The lowest BCUT2D eigenvalue weighted by Crippen LogP contribution is -2.63. The zero-order chi connectivity index (χ0) is 20.7. The van der Waals surface area contributed by atoms with Gasteiger partial charge in [-0.15, -0.1) is 9.78 Å². The maximum Gasteiger partial charge on any atom is 0.421 e. The number of aromatic nitrogens is 2. The van der Waals surface area contributed by atoms with Crippen LogP contribution in [0, 0.1) is 20.8 Å². The van der Waals surface area contributed by atoms with Crippen molar-refractivity contribution >= 4 is 23.7 Å². The molecule has 9 nitrogen and oxygen atoms in total. The van der Waals surface area contributed by atoms with Crippen LogP contribution < -0.4 is 0 Å². The van der Waals surface area contributed by atoms with E-state index >= 15 is 0 Å². The van der Waals surface area contributed by atoms with E-state index in [0.29, 0.717) is 18.3 Å². The van der Waals surface area contributed by atoms with Crippen LogP contribution in [0.5, 0.6) is 0 Å². The number of carbonyl (C=O) groups is 2. The highest BCUT2D eigenvalue weighted by Gasteiger charge is 2.53. The number of rotatable bonds is 5. The van der Waals surface area contributed by atoms with Crippen LogP contribution in [0.3, 0.4) is 0 Å². The molecule has 3 rings (SSSR count). The summed E-state index contributed by atoms with van der Waals surface area (Å²) in [6.07, 6.45) is 0. The minimum absolute atomic E-state index is 0.192. The van der Waals surface area contributed by atoms with Crippen molar-refractivity contribution in [1.82, 2.24) is 19.6 Å². The summed E-state index contributed by atoms with van der Waals surface area (Å²) < 4.78 is 8.66. The normalized spacial score (nSPS) is 19.5. The van der Waals surface area contributed by atoms with E-state index in [1.165, 1.54) is 16.9 Å². The molecule has 150 valence electrons. The topological polar surface area (TPSA) is 83.0 Å². The molecule has 1 saturated heterocycles. The van der Waals surface area contributed by atoms with Crippen molar-refractivity contribution in [2.24, 2.45) is 4.99 Å². The molecule has 1 fully saturated rings. The molecule has 0 N–H and O–H groups in total. The summed E-state index contributed by atoms with van der Waals surface area (Å²) >= 11 is 0. The number of fused-ring (bicyclic) bond motifs is 1. The van der Waals surface area contributed by atoms with E-state index in [0.717, 1.165) is 22.5 Å². The molecule has 0 radical (unpaired) electrons. The summed E-state index contributed by atoms with van der Waals surface area (Å²) in [6.45, 7) is 12.7. The van der Waals surface area contributed by atoms with Crippen LogP contribution >= 0.6 is 0 Å². The van der Waals surface area contributed by atoms with Gasteiger partial charge in [-0.25, -0.2) is 9.37 Å². The summed E-state index contributed by atoms with van der Waals surface area (Å²) in [5.41, 5.74) is 3.78. The van der Waals surface area contributed by atoms with E-state index in [2.05, 4.69) is 16.7 Å². The molecule has 1 aromatic heterocycles. The smallest absolute Gasteiger partial charge is 0.383 e. The minimum Gasteiger partial charge on any atom is -0.383 e. The Morgan fingerprint density at radius 3 is 2.50 bits per heavy atom. The van der Waals surface area contributed by atoms with Crippen molar-refractivity contribution in [3.05, 3.63) is 29.1 Å². The monoisotopic (exact) mass is 387 g/mol. The number of methoxy groups -OCH3 is 1. The minimum atomic E-state index is -0.699. The van der Waals surface area contributed by atoms with E-state index in [9.17, 15) is 9.59 Å². The quantitative estimate of drug-likeness (QED) is 0.556. The van der Waals surface area contributed by atoms with Crippen molar-refractivity contribution in [3.63, 3.8) is 0 Å². The number of carbonyl (C=O) groups excluding carboxylic acids is 2. The molecule has 0 saturated carbocycles. The number of nitrogens with zero attached hydrogens (tertiary/aromatic N) is 6. The second kappa shape index (κ2) is 7.31. The summed E-state index contributed by atoms with van der Waals surface area (Å²) in [5, 5.41) is 4.60. The van der Waals surface area contributed by atoms with E-state index in [1.54, 1.807) is 11.7 Å². The van der Waals surface area contributed by atoms with Crippen molar-refractivity contribution in [3.8, 4) is 0 Å². The first kappa shape index (κ1) is 19.9. The van der Waals surface area contributed by atoms with Gasteiger partial charge in [-0.1, -0.05) is 11.6 Å². The van der Waals surface area contributed by atoms with Gasteiger partial charge in [-0.3, -0.25) is 14.6 Å². The number of aryl methyl sites for hydroxylation is 1. The number of aliphatic imine (C=N–C) groups is 1. The number of imide groups is 1. The van der Waals surface area contributed by atoms with Gasteiger partial charge in [0.05, 0.1) is 25.4 Å². The van der Waals surface area contributed by atoms with E-state index in [4.69, 9.17) is 4.74 Å². The molecule has 1 unspecified atom stereocenters. The van der Waals surface area contributed by atoms with Crippen molar-refractivity contribution in [2.45, 2.75) is 33.7 Å². The van der Waals surface area contributed by atoms with Gasteiger partial charge in [0, 0.05) is 19.7 Å². The zero-order valence-corrected chi connectivity index (χ0v) is 17.3. The summed E-state index contributed by atoms with van der Waals surface area (Å²) in [7, 11) is 3.17. The molecule has 2 aliphatic heterocycles. The zero-order valence-electron chi connectivity index (χ0n) is 17.3. The van der Waals surface area contributed by atoms with Gasteiger partial charge in [0.2, 0.25) is 11.9 Å². The maximum atomic E-state index is 13.2. The third-order valence-corrected chi connectivity index (χ3v) is 5.19. The molecule has 9 heteroatoms. The second-order valence-electron chi connectivity index (χ2n) is 7.29. The molecule has 0 aromatic carbocycles. The molecular formula is C19H27N6O3+. The molecule has 3 heterocycles. The number of amides is 3. The predicted octanol–water partition coefficient (Wildman–Crippen LogP) is 0.922. The average molecular weight is 387 g/mol. The second-order valence-corrected chi connectivity index (χ2v) is 7.29. The highest BCUT2D eigenvalue weighted by molar-refractivity contribution is 6.23. The van der Waals surface area contributed by atoms with Crippen LogP contribution in [0.1, 0.15) is 23.9 Å². The van der Waals surface area contributed by atoms with E-state index in [1.807, 2.05) is 32.3 Å². The van der Waals surface area contributed by atoms with Crippen molar-refractivity contribution in [1.29, 1.82) is 0 Å². The first-order valence-electron chi connectivity index (χ1n) is 9.16. The molecule has 2 aliphatic rings. The third-order valence-electron chi connectivity index (χ3n) is 5.19. The molecule has 28 heavy (non-hydrogen) atoms. The Morgan fingerprint density at radius 2 is 1.96 bits per heavy atom. The van der Waals surface area contributed by atoms with Crippen molar-refractivity contribution in [2.75, 3.05) is 33.9 Å². The fourth-order valence-corrected chi connectivity index (χ4v) is 3.43. The highest BCUT2D eigenvalue weighted by atomic mass is 16.5. The van der Waals surface area contributed by atoms with Crippen LogP contribution in [0.15, 0.2) is 17.1 Å². The van der Waals surface area contributed by atoms with Gasteiger partial charge < -0.3 is 4.74 Å². The standard InChI is InChI=1S/C19H27N6O3/c1-11(2)10-24-15-16(20-18(24)25-14(5)12(3)13(4)21-25)22(6)19(27)23(17(15)26)8-9-28-7/h15H,1,8-10H2,2-7H3/q+1. The van der Waals surface area contributed by atoms with Crippen LogP contribution in [-0.4, -0.2) is 87.8 Å². The predicted molar refractivity (Wildman–Crippen MR) is 105 cm³/mol. The maximum absolute atomic E-state index is 13.2. The molecule has 3 amide bonds. The summed E-state index contributed by atoms with van der Waals surface area (Å²) in [6, 6.07) is -1.10. The fourth-order valence-electron chi connectivity index (χ4n) is 3.43. The van der Waals surface area contributed by atoms with Crippen molar-refractivity contribution < 1.29 is 18.9 Å². The van der Waals surface area contributed by atoms with Crippen LogP contribution in [-0.2, 0) is 9.53 Å². The Kier molecular flexibility index (Phi) is 5.20. The Morgan fingerprint density at radius 1 is 1.29 bits per heavy atom. The fraction of sp³-hybridized carbons (Fsp3) is 0.526. The average Bonchev–Trinajstić information content (AvgIpc) is 3.12. The largest absolute Gasteiger partial charge is 0.421 e. The highest BCUT2D eigenvalue weighted by Crippen LogP contribution is 2.22. The SMILES string of the molecule is C=C(C)C[N+]1=C(n2nc(C)c(C)c2C)N=C2C1C(=O)N(CCOC)C(=O)N2C. The number of hydrogen-bond donors (Lipinski definition) is 0. The van der Waals surface area contributed by atoms with Crippen LogP contribution in [0.25, 0.3) is 0 Å². The molecule has 0 spiro atoms. The number of amidine groups is 1. The van der Waals surface area contributed by atoms with Gasteiger partial charge in [-0.05, 0) is 33.3 Å². The van der Waals surface area contributed by atoms with E-state index in [-0.39, 0.29) is 19.1 Å².